The van der Waals surface area contributed by atoms with Crippen molar-refractivity contribution in [2.75, 3.05) is 25.0 Å². The fourth-order valence-corrected chi connectivity index (χ4v) is 3.50. The molecule has 0 unspecified atom stereocenters. The Morgan fingerprint density at radius 3 is 2.79 bits per heavy atom. The van der Waals surface area contributed by atoms with Crippen molar-refractivity contribution >= 4 is 46.3 Å². The summed E-state index contributed by atoms with van der Waals surface area (Å²) < 4.78 is 1.90. The predicted molar refractivity (Wildman–Crippen MR) is 109 cm³/mol. The van der Waals surface area contributed by atoms with E-state index in [9.17, 15) is 0 Å². The number of rotatable bonds is 4. The molecule has 132 valence electrons. The summed E-state index contributed by atoms with van der Waals surface area (Å²) in [6.45, 7) is 2.78. The van der Waals surface area contributed by atoms with Gasteiger partial charge in [-0.2, -0.15) is 0 Å². The molecule has 0 aliphatic carbocycles. The van der Waals surface area contributed by atoms with Crippen LogP contribution in [0.4, 0.5) is 5.00 Å². The molecule has 3 heterocycles. The predicted octanol–water partition coefficient (Wildman–Crippen LogP) is 1.83. The van der Waals surface area contributed by atoms with Gasteiger partial charge in [0.1, 0.15) is 6.33 Å². The first kappa shape index (κ1) is 19.0. The molecule has 9 heteroatoms. The first-order chi connectivity index (χ1) is 11.3. The number of nitrogens with zero attached hydrogens (tertiary/aromatic N) is 5. The summed E-state index contributed by atoms with van der Waals surface area (Å²) in [5, 5.41) is 18.3. The van der Waals surface area contributed by atoms with Crippen LogP contribution in [0.15, 0.2) is 28.8 Å². The Morgan fingerprint density at radius 1 is 1.42 bits per heavy atom. The Bertz CT molecular complexity index is 632. The second kappa shape index (κ2) is 9.21. The van der Waals surface area contributed by atoms with Gasteiger partial charge in [-0.05, 0) is 30.4 Å². The maximum absolute atomic E-state index is 4.31. The van der Waals surface area contributed by atoms with Gasteiger partial charge in [0, 0.05) is 33.2 Å². The summed E-state index contributed by atoms with van der Waals surface area (Å²) in [7, 11) is 3.74. The molecule has 24 heavy (non-hydrogen) atoms. The van der Waals surface area contributed by atoms with Crippen LogP contribution in [0.5, 0.6) is 0 Å². The van der Waals surface area contributed by atoms with Crippen molar-refractivity contribution < 1.29 is 0 Å². The topological polar surface area (TPSA) is 70.4 Å². The zero-order valence-electron chi connectivity index (χ0n) is 14.0. The molecule has 0 amide bonds. The van der Waals surface area contributed by atoms with E-state index in [0.29, 0.717) is 12.6 Å². The van der Waals surface area contributed by atoms with E-state index < -0.39 is 0 Å². The van der Waals surface area contributed by atoms with Gasteiger partial charge in [-0.1, -0.05) is 0 Å². The highest BCUT2D eigenvalue weighted by molar-refractivity contribution is 14.0. The number of anilines is 1. The smallest absolute Gasteiger partial charge is 0.191 e. The molecule has 0 radical (unpaired) electrons. The lowest BCUT2D eigenvalue weighted by atomic mass is 10.1. The van der Waals surface area contributed by atoms with Crippen molar-refractivity contribution in [3.63, 3.8) is 0 Å². The maximum Gasteiger partial charge on any atom is 0.191 e. The summed E-state index contributed by atoms with van der Waals surface area (Å²) in [5.41, 5.74) is 0. The lowest BCUT2D eigenvalue weighted by Crippen LogP contribution is -2.48. The highest BCUT2D eigenvalue weighted by Gasteiger charge is 2.20. The minimum atomic E-state index is 0. The second-order valence-electron chi connectivity index (χ2n) is 5.64. The van der Waals surface area contributed by atoms with Gasteiger partial charge >= 0.3 is 0 Å². The first-order valence-electron chi connectivity index (χ1n) is 7.85. The average Bonchev–Trinajstić information content (AvgIpc) is 3.24. The van der Waals surface area contributed by atoms with Gasteiger partial charge < -0.3 is 20.1 Å². The minimum absolute atomic E-state index is 0. The number of hydrogen-bond donors (Lipinski definition) is 2. The molecule has 0 bridgehead atoms. The van der Waals surface area contributed by atoms with Crippen LogP contribution in [-0.4, -0.2) is 46.9 Å². The molecular weight excluding hydrogens is 437 g/mol. The number of nitrogens with one attached hydrogen (secondary N) is 2. The van der Waals surface area contributed by atoms with Crippen molar-refractivity contribution in [1.82, 2.24) is 25.4 Å². The van der Waals surface area contributed by atoms with E-state index in [1.807, 2.05) is 23.0 Å². The number of aromatic nitrogens is 3. The number of aliphatic imine (C=N–C) groups is 1. The fourth-order valence-electron chi connectivity index (χ4n) is 2.71. The van der Waals surface area contributed by atoms with Crippen molar-refractivity contribution in [3.05, 3.63) is 29.7 Å². The fraction of sp³-hybridized carbons (Fsp3) is 0.533. The van der Waals surface area contributed by atoms with Gasteiger partial charge in [-0.25, -0.2) is 0 Å². The second-order valence-corrected chi connectivity index (χ2v) is 6.57. The summed E-state index contributed by atoms with van der Waals surface area (Å²) in [4.78, 5) is 6.76. The highest BCUT2D eigenvalue weighted by Crippen LogP contribution is 2.24. The van der Waals surface area contributed by atoms with E-state index in [0.717, 1.165) is 37.7 Å². The number of halogens is 1. The van der Waals surface area contributed by atoms with Crippen LogP contribution in [0.3, 0.4) is 0 Å². The summed E-state index contributed by atoms with van der Waals surface area (Å²) >= 11 is 1.81. The third-order valence-corrected chi connectivity index (χ3v) is 5.03. The number of thiophene rings is 1. The molecular formula is C15H24IN7S. The van der Waals surface area contributed by atoms with Crippen LogP contribution in [-0.2, 0) is 13.6 Å². The third-order valence-electron chi connectivity index (χ3n) is 4.10. The Labute approximate surface area is 163 Å². The Morgan fingerprint density at radius 2 is 2.21 bits per heavy atom. The van der Waals surface area contributed by atoms with Crippen molar-refractivity contribution in [3.8, 4) is 0 Å². The Balaban J connectivity index is 0.00000208. The lowest BCUT2D eigenvalue weighted by molar-refractivity contribution is 0.462. The monoisotopic (exact) mass is 461 g/mol. The van der Waals surface area contributed by atoms with E-state index >= 15 is 0 Å². The molecule has 1 saturated heterocycles. The van der Waals surface area contributed by atoms with Crippen LogP contribution in [0.1, 0.15) is 18.7 Å². The third kappa shape index (κ3) is 4.82. The maximum atomic E-state index is 4.31. The van der Waals surface area contributed by atoms with E-state index in [-0.39, 0.29) is 24.0 Å². The molecule has 0 aromatic carbocycles. The van der Waals surface area contributed by atoms with Crippen LogP contribution in [0.25, 0.3) is 0 Å². The molecule has 2 N–H and O–H groups in total. The van der Waals surface area contributed by atoms with E-state index in [1.54, 1.807) is 13.4 Å². The molecule has 0 atom stereocenters. The Kier molecular flexibility index (Phi) is 7.28. The molecule has 0 saturated carbocycles. The summed E-state index contributed by atoms with van der Waals surface area (Å²) in [6.07, 6.45) is 3.93. The summed E-state index contributed by atoms with van der Waals surface area (Å²) in [5.74, 6) is 1.71. The molecule has 3 rings (SSSR count). The molecule has 1 fully saturated rings. The highest BCUT2D eigenvalue weighted by atomic mass is 127. The van der Waals surface area contributed by atoms with Gasteiger partial charge in [0.25, 0.3) is 0 Å². The van der Waals surface area contributed by atoms with Crippen LogP contribution < -0.4 is 15.5 Å². The molecule has 2 aromatic heterocycles. The quantitative estimate of drug-likeness (QED) is 0.413. The van der Waals surface area contributed by atoms with Gasteiger partial charge in [-0.3, -0.25) is 4.99 Å². The Hall–Kier alpha value is -1.36. The largest absolute Gasteiger partial charge is 0.363 e. The van der Waals surface area contributed by atoms with Gasteiger partial charge in [0.2, 0.25) is 0 Å². The number of hydrogen-bond acceptors (Lipinski definition) is 5. The van der Waals surface area contributed by atoms with Crippen molar-refractivity contribution in [1.29, 1.82) is 0 Å². The average molecular weight is 461 g/mol. The molecule has 1 aliphatic heterocycles. The first-order valence-corrected chi connectivity index (χ1v) is 8.72. The van der Waals surface area contributed by atoms with Crippen molar-refractivity contribution in [2.24, 2.45) is 12.0 Å². The van der Waals surface area contributed by atoms with Gasteiger partial charge in [0.05, 0.1) is 11.5 Å². The minimum Gasteiger partial charge on any atom is -0.363 e. The van der Waals surface area contributed by atoms with E-state index in [1.165, 1.54) is 5.00 Å². The van der Waals surface area contributed by atoms with Crippen LogP contribution >= 0.6 is 35.3 Å². The lowest BCUT2D eigenvalue weighted by Gasteiger charge is -2.33. The SMILES string of the molecule is CN=C(NCc1nncn1C)NC1CCN(c2cccs2)CC1.I. The van der Waals surface area contributed by atoms with Gasteiger partial charge in [-0.15, -0.1) is 45.5 Å². The van der Waals surface area contributed by atoms with Crippen LogP contribution in [0.2, 0.25) is 0 Å². The van der Waals surface area contributed by atoms with Crippen LogP contribution in [0, 0.1) is 0 Å². The zero-order valence-corrected chi connectivity index (χ0v) is 17.1. The molecule has 0 spiro atoms. The zero-order chi connectivity index (χ0) is 16.1. The molecule has 1 aliphatic rings. The number of guanidine groups is 1. The van der Waals surface area contributed by atoms with Gasteiger partial charge in [0.15, 0.2) is 11.8 Å². The molecule has 7 nitrogen and oxygen atoms in total. The number of piperidine rings is 1. The van der Waals surface area contributed by atoms with Crippen molar-refractivity contribution in [2.45, 2.75) is 25.4 Å². The van der Waals surface area contributed by atoms with E-state index in [2.05, 4.69) is 48.2 Å². The number of aryl methyl sites for hydroxylation is 1. The normalized spacial score (nSPS) is 15.9. The molecule has 2 aromatic rings. The standard InChI is InChI=1S/C15H23N7S.HI/c1-16-15(17-10-13-20-18-11-21(13)2)19-12-5-7-22(8-6-12)14-4-3-9-23-14;/h3-4,9,11-12H,5-8,10H2,1-2H3,(H2,16,17,19);1H. The van der Waals surface area contributed by atoms with E-state index in [4.69, 9.17) is 0 Å². The summed E-state index contributed by atoms with van der Waals surface area (Å²) in [6, 6.07) is 4.76.